The van der Waals surface area contributed by atoms with Crippen LogP contribution in [0.1, 0.15) is 50.1 Å². The van der Waals surface area contributed by atoms with Crippen molar-refractivity contribution in [1.29, 1.82) is 0 Å². The number of aryl methyl sites for hydroxylation is 2. The molecule has 0 N–H and O–H groups in total. The Bertz CT molecular complexity index is 1330. The number of rotatable bonds is 3. The van der Waals surface area contributed by atoms with Gasteiger partial charge in [0.05, 0.1) is 5.69 Å². The largest absolute Gasteiger partial charge is 0.260 e. The molecule has 156 valence electrons. The Hall–Kier alpha value is -3.00. The Morgan fingerprint density at radius 1 is 0.935 bits per heavy atom. The van der Waals surface area contributed by atoms with E-state index in [9.17, 15) is 0 Å². The molecule has 4 aromatic rings. The molecule has 2 aromatic carbocycles. The lowest BCUT2D eigenvalue weighted by atomic mass is 9.83. The molecule has 0 amide bonds. The summed E-state index contributed by atoms with van der Waals surface area (Å²) >= 11 is 0. The lowest BCUT2D eigenvalue weighted by Gasteiger charge is -2.21. The minimum atomic E-state index is -0.0630. The molecular formula is C29H31N2+. The highest BCUT2D eigenvalue weighted by Crippen LogP contribution is 2.49. The zero-order chi connectivity index (χ0) is 21.9. The Labute approximate surface area is 185 Å². The van der Waals surface area contributed by atoms with E-state index in [1.807, 2.05) is 6.20 Å². The number of aromatic nitrogens is 2. The van der Waals surface area contributed by atoms with Crippen LogP contribution < -0.4 is 4.57 Å². The summed E-state index contributed by atoms with van der Waals surface area (Å²) in [5, 5.41) is 1.36. The van der Waals surface area contributed by atoms with E-state index in [-0.39, 0.29) is 5.41 Å². The van der Waals surface area contributed by atoms with Crippen LogP contribution in [0, 0.1) is 12.8 Å². The second-order valence-electron chi connectivity index (χ2n) is 9.96. The molecule has 5 rings (SSSR count). The number of pyridine rings is 2. The smallest absolute Gasteiger partial charge is 0.213 e. The first-order valence-corrected chi connectivity index (χ1v) is 11.3. The second-order valence-corrected chi connectivity index (χ2v) is 9.96. The molecule has 0 atom stereocenters. The van der Waals surface area contributed by atoms with E-state index < -0.39 is 0 Å². The van der Waals surface area contributed by atoms with Gasteiger partial charge in [0.15, 0.2) is 0 Å². The SMILES string of the molecule is Cc1cc2c(cc1-c1ccc3c(CC(C)C)cccc3[n+]1C)-c1cccnc1C2(C)C. The third kappa shape index (κ3) is 3.00. The number of benzene rings is 2. The van der Waals surface area contributed by atoms with E-state index in [2.05, 4.69) is 101 Å². The summed E-state index contributed by atoms with van der Waals surface area (Å²) in [7, 11) is 2.20. The van der Waals surface area contributed by atoms with Gasteiger partial charge in [-0.15, -0.1) is 0 Å². The van der Waals surface area contributed by atoms with Crippen molar-refractivity contribution in [2.24, 2.45) is 13.0 Å². The normalized spacial score (nSPS) is 14.2. The van der Waals surface area contributed by atoms with Crippen molar-refractivity contribution >= 4 is 10.9 Å². The van der Waals surface area contributed by atoms with Gasteiger partial charge in [-0.3, -0.25) is 4.98 Å². The van der Waals surface area contributed by atoms with Crippen molar-refractivity contribution < 1.29 is 4.57 Å². The van der Waals surface area contributed by atoms with Crippen LogP contribution in [0.5, 0.6) is 0 Å². The topological polar surface area (TPSA) is 16.8 Å². The number of hydrogen-bond donors (Lipinski definition) is 0. The minimum absolute atomic E-state index is 0.0630. The van der Waals surface area contributed by atoms with Crippen LogP contribution in [0.3, 0.4) is 0 Å². The first kappa shape index (κ1) is 19.9. The lowest BCUT2D eigenvalue weighted by Crippen LogP contribution is -2.32. The number of fused-ring (bicyclic) bond motifs is 4. The van der Waals surface area contributed by atoms with E-state index in [4.69, 9.17) is 4.98 Å². The van der Waals surface area contributed by atoms with Crippen LogP contribution in [-0.2, 0) is 18.9 Å². The Balaban J connectivity index is 1.72. The van der Waals surface area contributed by atoms with Gasteiger partial charge in [-0.25, -0.2) is 0 Å². The van der Waals surface area contributed by atoms with Gasteiger partial charge >= 0.3 is 0 Å². The molecule has 31 heavy (non-hydrogen) atoms. The summed E-state index contributed by atoms with van der Waals surface area (Å²) in [5.74, 6) is 0.645. The van der Waals surface area contributed by atoms with E-state index in [0.29, 0.717) is 5.92 Å². The van der Waals surface area contributed by atoms with Crippen molar-refractivity contribution in [3.8, 4) is 22.4 Å². The van der Waals surface area contributed by atoms with E-state index in [0.717, 1.165) is 6.42 Å². The summed E-state index contributed by atoms with van der Waals surface area (Å²) in [4.78, 5) is 4.75. The molecule has 0 aliphatic heterocycles. The highest BCUT2D eigenvalue weighted by molar-refractivity contribution is 5.85. The molecule has 0 fully saturated rings. The van der Waals surface area contributed by atoms with Crippen molar-refractivity contribution in [3.63, 3.8) is 0 Å². The molecular weight excluding hydrogens is 376 g/mol. The van der Waals surface area contributed by atoms with Crippen molar-refractivity contribution in [2.45, 2.75) is 46.5 Å². The fraction of sp³-hybridized carbons (Fsp3) is 0.310. The highest BCUT2D eigenvalue weighted by Gasteiger charge is 2.37. The predicted octanol–water partition coefficient (Wildman–Crippen LogP) is 6.54. The quantitative estimate of drug-likeness (QED) is 0.352. The maximum absolute atomic E-state index is 4.75. The van der Waals surface area contributed by atoms with Gasteiger partial charge in [0, 0.05) is 40.3 Å². The molecule has 2 heteroatoms. The van der Waals surface area contributed by atoms with Crippen LogP contribution >= 0.6 is 0 Å². The van der Waals surface area contributed by atoms with Crippen LogP contribution in [0.15, 0.2) is 60.8 Å². The predicted molar refractivity (Wildman–Crippen MR) is 129 cm³/mol. The average Bonchev–Trinajstić information content (AvgIpc) is 2.95. The fourth-order valence-electron chi connectivity index (χ4n) is 5.35. The van der Waals surface area contributed by atoms with Gasteiger partial charge in [-0.2, -0.15) is 4.57 Å². The maximum atomic E-state index is 4.75. The standard InChI is InChI=1S/C29H31N2/c1-18(2)15-20-9-7-11-26-21(20)12-13-27(31(26)6)23-17-24-22-10-8-14-30-28(22)29(4,5)25(24)16-19(23)3/h7-14,16-18H,15H2,1-6H3/q+1. The first-order chi connectivity index (χ1) is 14.8. The van der Waals surface area contributed by atoms with E-state index >= 15 is 0 Å². The Morgan fingerprint density at radius 2 is 1.74 bits per heavy atom. The van der Waals surface area contributed by atoms with E-state index in [1.54, 1.807) is 0 Å². The molecule has 2 aromatic heterocycles. The molecule has 0 saturated heterocycles. The molecule has 2 nitrogen and oxygen atoms in total. The molecule has 0 unspecified atom stereocenters. The van der Waals surface area contributed by atoms with Crippen LogP contribution in [0.2, 0.25) is 0 Å². The molecule has 2 heterocycles. The van der Waals surface area contributed by atoms with Crippen molar-refractivity contribution in [1.82, 2.24) is 4.98 Å². The zero-order valence-corrected chi connectivity index (χ0v) is 19.5. The van der Waals surface area contributed by atoms with Crippen LogP contribution in [0.4, 0.5) is 0 Å². The summed E-state index contributed by atoms with van der Waals surface area (Å²) in [6.45, 7) is 11.4. The lowest BCUT2D eigenvalue weighted by molar-refractivity contribution is -0.633. The van der Waals surface area contributed by atoms with Crippen molar-refractivity contribution in [2.75, 3.05) is 0 Å². The molecule has 1 aliphatic rings. The molecule has 0 spiro atoms. The number of hydrogen-bond acceptors (Lipinski definition) is 1. The van der Waals surface area contributed by atoms with Crippen molar-refractivity contribution in [3.05, 3.63) is 83.2 Å². The molecule has 1 aliphatic carbocycles. The molecule has 0 radical (unpaired) electrons. The minimum Gasteiger partial charge on any atom is -0.260 e. The second kappa shape index (κ2) is 7.02. The van der Waals surface area contributed by atoms with Gasteiger partial charge in [0.2, 0.25) is 11.2 Å². The fourth-order valence-corrected chi connectivity index (χ4v) is 5.35. The summed E-state index contributed by atoms with van der Waals surface area (Å²) in [6, 6.07) is 20.4. The monoisotopic (exact) mass is 407 g/mol. The Morgan fingerprint density at radius 3 is 2.52 bits per heavy atom. The van der Waals surface area contributed by atoms with Crippen LogP contribution in [0.25, 0.3) is 33.3 Å². The van der Waals surface area contributed by atoms with E-state index in [1.165, 1.54) is 55.7 Å². The van der Waals surface area contributed by atoms with Gasteiger partial charge < -0.3 is 0 Å². The highest BCUT2D eigenvalue weighted by atomic mass is 14.9. The van der Waals surface area contributed by atoms with Gasteiger partial charge in [-0.1, -0.05) is 52.0 Å². The van der Waals surface area contributed by atoms with Gasteiger partial charge in [-0.05, 0) is 59.7 Å². The summed E-state index contributed by atoms with van der Waals surface area (Å²) in [5.41, 5.74) is 11.7. The average molecular weight is 408 g/mol. The van der Waals surface area contributed by atoms with Gasteiger partial charge in [0.25, 0.3) is 0 Å². The Kier molecular flexibility index (Phi) is 4.51. The third-order valence-corrected chi connectivity index (χ3v) is 6.94. The van der Waals surface area contributed by atoms with Crippen LogP contribution in [-0.4, -0.2) is 4.98 Å². The first-order valence-electron chi connectivity index (χ1n) is 11.3. The zero-order valence-electron chi connectivity index (χ0n) is 19.5. The molecule has 0 bridgehead atoms. The van der Waals surface area contributed by atoms with Gasteiger partial charge in [0.1, 0.15) is 7.05 Å². The number of nitrogens with zero attached hydrogens (tertiary/aromatic N) is 2. The third-order valence-electron chi connectivity index (χ3n) is 6.94. The molecule has 0 saturated carbocycles. The summed E-state index contributed by atoms with van der Waals surface area (Å²) in [6.07, 6.45) is 3.02. The summed E-state index contributed by atoms with van der Waals surface area (Å²) < 4.78 is 2.36. The maximum Gasteiger partial charge on any atom is 0.213 e.